The maximum absolute atomic E-state index is 13.1. The van der Waals surface area contributed by atoms with Gasteiger partial charge in [-0.15, -0.1) is 11.3 Å². The van der Waals surface area contributed by atoms with Gasteiger partial charge in [0.2, 0.25) is 0 Å². The minimum Gasteiger partial charge on any atom is -0.286 e. The van der Waals surface area contributed by atoms with E-state index in [1.165, 1.54) is 14.1 Å². The number of imide groups is 2. The lowest BCUT2D eigenvalue weighted by molar-refractivity contribution is -0.138. The van der Waals surface area contributed by atoms with Crippen LogP contribution in [-0.4, -0.2) is 58.9 Å². The lowest BCUT2D eigenvalue weighted by Gasteiger charge is -2.26. The second kappa shape index (κ2) is 10.4. The van der Waals surface area contributed by atoms with Gasteiger partial charge in [-0.05, 0) is 83.7 Å². The number of benzene rings is 2. The molecule has 0 fully saturated rings. The molecule has 1 aromatic heterocycles. The Kier molecular flexibility index (Phi) is 6.72. The summed E-state index contributed by atoms with van der Waals surface area (Å²) in [6.45, 7) is 26.3. The van der Waals surface area contributed by atoms with Gasteiger partial charge in [0.05, 0.1) is 24.5 Å². The first-order valence-corrected chi connectivity index (χ1v) is 16.3. The van der Waals surface area contributed by atoms with Crippen molar-refractivity contribution in [1.29, 1.82) is 0 Å². The van der Waals surface area contributed by atoms with Crippen molar-refractivity contribution >= 4 is 78.7 Å². The van der Waals surface area contributed by atoms with E-state index in [0.29, 0.717) is 11.4 Å². The number of rotatable bonds is 2. The van der Waals surface area contributed by atoms with E-state index >= 15 is 0 Å². The summed E-state index contributed by atoms with van der Waals surface area (Å²) in [5, 5.41) is 2.17. The van der Waals surface area contributed by atoms with Gasteiger partial charge in [0.15, 0.2) is 0 Å². The second-order valence-electron chi connectivity index (χ2n) is 13.7. The van der Waals surface area contributed by atoms with Crippen LogP contribution in [0.2, 0.25) is 0 Å². The Hall–Kier alpha value is -5.78. The van der Waals surface area contributed by atoms with E-state index in [4.69, 9.17) is 23.1 Å². The number of fused-ring (bicyclic) bond motifs is 5. The first-order valence-electron chi connectivity index (χ1n) is 15.5. The minimum absolute atomic E-state index is 0.0985. The van der Waals surface area contributed by atoms with Crippen LogP contribution in [0.25, 0.3) is 42.0 Å². The summed E-state index contributed by atoms with van der Waals surface area (Å²) in [5.41, 5.74) is 4.86. The minimum atomic E-state index is -0.622. The number of amides is 4. The van der Waals surface area contributed by atoms with Crippen molar-refractivity contribution in [1.82, 2.24) is 9.80 Å². The molecule has 0 spiro atoms. The highest BCUT2D eigenvalue weighted by Gasteiger charge is 2.40. The monoisotopic (exact) mass is 666 g/mol. The summed E-state index contributed by atoms with van der Waals surface area (Å²) in [6.07, 6.45) is 3.96. The van der Waals surface area contributed by atoms with Crippen LogP contribution in [0.15, 0.2) is 68.2 Å². The third-order valence-corrected chi connectivity index (χ3v) is 11.3. The SMILES string of the molecule is [C-]#[N+]C1=C(C)C(=NC2=Cc3cc4sc5cc6c(cc5c4cc3C2(C)C)C(C)(C)C(N=C2C(=O)N(C)C(=O)C([N+]#[C-])=C2C)=C6)C(=O)N(C)C1=O. The Bertz CT molecular complexity index is 2310. The van der Waals surface area contributed by atoms with Crippen LogP contribution >= 0.6 is 11.3 Å². The number of nitrogens with zero attached hydrogens (tertiary/aromatic N) is 6. The number of carbonyl (C=O) groups is 4. The van der Waals surface area contributed by atoms with E-state index in [0.717, 1.165) is 52.2 Å². The van der Waals surface area contributed by atoms with Crippen LogP contribution in [0.3, 0.4) is 0 Å². The van der Waals surface area contributed by atoms with Crippen LogP contribution in [-0.2, 0) is 30.0 Å². The van der Waals surface area contributed by atoms with Gasteiger partial charge in [0, 0.05) is 45.1 Å². The molecule has 0 saturated heterocycles. The van der Waals surface area contributed by atoms with E-state index in [-0.39, 0.29) is 34.0 Å². The smallest absolute Gasteiger partial charge is 0.277 e. The number of hydrogen-bond donors (Lipinski definition) is 0. The van der Waals surface area contributed by atoms with Crippen molar-refractivity contribution < 1.29 is 19.2 Å². The maximum atomic E-state index is 13.1. The van der Waals surface area contributed by atoms with Gasteiger partial charge >= 0.3 is 0 Å². The third-order valence-electron chi connectivity index (χ3n) is 10.2. The molecule has 10 nitrogen and oxygen atoms in total. The molecule has 4 aliphatic rings. The van der Waals surface area contributed by atoms with E-state index in [2.05, 4.69) is 61.7 Å². The Labute approximate surface area is 286 Å². The highest BCUT2D eigenvalue weighted by molar-refractivity contribution is 7.25. The summed E-state index contributed by atoms with van der Waals surface area (Å²) >= 11 is 1.67. The van der Waals surface area contributed by atoms with Crippen molar-refractivity contribution in [2.24, 2.45) is 9.98 Å². The van der Waals surface area contributed by atoms with E-state index in [9.17, 15) is 19.2 Å². The van der Waals surface area contributed by atoms with Crippen molar-refractivity contribution in [2.75, 3.05) is 14.1 Å². The van der Waals surface area contributed by atoms with Gasteiger partial charge in [-0.1, -0.05) is 27.7 Å². The lowest BCUT2D eigenvalue weighted by atomic mass is 9.82. The first-order chi connectivity index (χ1) is 23.0. The summed E-state index contributed by atoms with van der Waals surface area (Å²) in [4.78, 5) is 69.4. The Morgan fingerprint density at radius 3 is 1.35 bits per heavy atom. The zero-order valence-electron chi connectivity index (χ0n) is 28.2. The molecule has 0 N–H and O–H groups in total. The molecule has 0 radical (unpaired) electrons. The average Bonchev–Trinajstić information content (AvgIpc) is 3.62. The summed E-state index contributed by atoms with van der Waals surface area (Å²) in [5.74, 6) is -2.31. The standard InChI is InChI=1S/C38H30N6O4S/c1-17-29(39-7)33(45)43(9)35(47)31(17)41-27-13-19-11-25-21(15-23(19)37(27,3)4)22-16-24-20(12-26(22)49-25)14-28(38(24,5)6)42-32-18(2)30(40-8)34(46)44(10)36(32)48/h11-16H,1-6,9-10H3. The van der Waals surface area contributed by atoms with Crippen molar-refractivity contribution in [2.45, 2.75) is 52.4 Å². The van der Waals surface area contributed by atoms with Gasteiger partial charge in [-0.3, -0.25) is 29.0 Å². The zero-order chi connectivity index (χ0) is 35.5. The van der Waals surface area contributed by atoms with Crippen molar-refractivity contribution in [3.63, 3.8) is 0 Å². The number of thiophene rings is 1. The van der Waals surface area contributed by atoms with Gasteiger partial charge < -0.3 is 0 Å². The fourth-order valence-electron chi connectivity index (χ4n) is 6.95. The molecule has 7 rings (SSSR count). The number of aliphatic imine (C=N–C) groups is 2. The van der Waals surface area contributed by atoms with Gasteiger partial charge in [0.1, 0.15) is 11.4 Å². The Morgan fingerprint density at radius 2 is 1.00 bits per heavy atom. The number of allylic oxidation sites excluding steroid dienone is 2. The van der Waals surface area contributed by atoms with Crippen LogP contribution < -0.4 is 0 Å². The molecule has 0 bridgehead atoms. The molecule has 0 saturated carbocycles. The predicted molar refractivity (Wildman–Crippen MR) is 190 cm³/mol. The molecule has 3 aromatic rings. The molecule has 2 aliphatic heterocycles. The first kappa shape index (κ1) is 31.8. The zero-order valence-corrected chi connectivity index (χ0v) is 29.0. The molecule has 0 atom stereocenters. The van der Waals surface area contributed by atoms with Crippen molar-refractivity contribution in [3.05, 3.63) is 103 Å². The highest BCUT2D eigenvalue weighted by Crippen LogP contribution is 2.49. The molecule has 3 heterocycles. The molecule has 0 unspecified atom stereocenters. The van der Waals surface area contributed by atoms with Crippen molar-refractivity contribution in [3.8, 4) is 0 Å². The lowest BCUT2D eigenvalue weighted by Crippen LogP contribution is -2.44. The van der Waals surface area contributed by atoms with E-state index in [1.54, 1.807) is 25.2 Å². The van der Waals surface area contributed by atoms with Crippen LogP contribution in [0.5, 0.6) is 0 Å². The van der Waals surface area contributed by atoms with Crippen LogP contribution in [0.4, 0.5) is 0 Å². The molecular weight excluding hydrogens is 637 g/mol. The molecule has 11 heteroatoms. The fraction of sp³-hybridized carbons (Fsp3) is 0.263. The number of carbonyl (C=O) groups excluding carboxylic acids is 4. The van der Waals surface area contributed by atoms with Crippen LogP contribution in [0.1, 0.15) is 63.8 Å². The third kappa shape index (κ3) is 4.29. The largest absolute Gasteiger partial charge is 0.286 e. The normalized spacial score (nSPS) is 21.6. The number of likely N-dealkylation sites (N-methyl/N-ethyl adjacent to an activating group) is 2. The van der Waals surface area contributed by atoms with Gasteiger partial charge in [-0.25, -0.2) is 19.7 Å². The van der Waals surface area contributed by atoms with Gasteiger partial charge in [-0.2, -0.15) is 0 Å². The maximum Gasteiger partial charge on any atom is 0.277 e. The molecule has 2 aromatic carbocycles. The molecule has 2 aliphatic carbocycles. The summed E-state index contributed by atoms with van der Waals surface area (Å²) < 4.78 is 2.19. The summed E-state index contributed by atoms with van der Waals surface area (Å²) in [6, 6.07) is 8.68. The molecule has 49 heavy (non-hydrogen) atoms. The van der Waals surface area contributed by atoms with Gasteiger partial charge in [0.25, 0.3) is 35.0 Å². The molecular formula is C38H30N6O4S. The van der Waals surface area contributed by atoms with E-state index < -0.39 is 34.5 Å². The second-order valence-corrected chi connectivity index (χ2v) is 14.8. The van der Waals surface area contributed by atoms with E-state index in [1.807, 2.05) is 12.2 Å². The molecule has 4 amide bonds. The topological polar surface area (TPSA) is 108 Å². The average molecular weight is 667 g/mol. The Morgan fingerprint density at radius 1 is 0.633 bits per heavy atom. The van der Waals surface area contributed by atoms with Crippen LogP contribution in [0, 0.1) is 13.1 Å². The fourth-order valence-corrected chi connectivity index (χ4v) is 8.12. The number of hydrogen-bond acceptors (Lipinski definition) is 7. The summed E-state index contributed by atoms with van der Waals surface area (Å²) in [7, 11) is 2.73. The predicted octanol–water partition coefficient (Wildman–Crippen LogP) is 6.58. The highest BCUT2D eigenvalue weighted by atomic mass is 32.1. The Balaban J connectivity index is 1.32. The molecule has 242 valence electrons. The quantitative estimate of drug-likeness (QED) is 0.227.